The first-order valence-electron chi connectivity index (χ1n) is 8.50. The van der Waals surface area contributed by atoms with Crippen LogP contribution < -0.4 is 0 Å². The van der Waals surface area contributed by atoms with Gasteiger partial charge in [0.25, 0.3) is 5.91 Å². The van der Waals surface area contributed by atoms with Crippen LogP contribution >= 0.6 is 0 Å². The van der Waals surface area contributed by atoms with Crippen LogP contribution in [0, 0.1) is 5.82 Å². The molecule has 0 unspecified atom stereocenters. The summed E-state index contributed by atoms with van der Waals surface area (Å²) in [6.07, 6.45) is 3.33. The number of halogens is 1. The van der Waals surface area contributed by atoms with Gasteiger partial charge in [-0.2, -0.15) is 5.10 Å². The molecule has 2 aromatic carbocycles. The van der Waals surface area contributed by atoms with E-state index >= 15 is 0 Å². The Morgan fingerprint density at radius 2 is 2.04 bits per heavy atom. The summed E-state index contributed by atoms with van der Waals surface area (Å²) in [6, 6.07) is 13.3. The van der Waals surface area contributed by atoms with Crippen molar-refractivity contribution in [3.63, 3.8) is 0 Å². The summed E-state index contributed by atoms with van der Waals surface area (Å²) < 4.78 is 14.2. The average Bonchev–Trinajstić information content (AvgIpc) is 3.36. The predicted octanol–water partition coefficient (Wildman–Crippen LogP) is 3.73. The normalized spacial score (nSPS) is 13.6. The van der Waals surface area contributed by atoms with Crippen LogP contribution in [0.15, 0.2) is 54.7 Å². The van der Waals surface area contributed by atoms with E-state index in [4.69, 9.17) is 0 Å². The van der Waals surface area contributed by atoms with Crippen LogP contribution in [0.2, 0.25) is 0 Å². The molecule has 0 spiro atoms. The SMILES string of the molecule is O=C(c1cn[nH]c1-c1ccccc1F)N(Cc1cccc(O)c1)C1CC1. The number of nitrogens with zero attached hydrogens (tertiary/aromatic N) is 2. The third kappa shape index (κ3) is 3.18. The lowest BCUT2D eigenvalue weighted by Crippen LogP contribution is -2.32. The maximum absolute atomic E-state index is 14.2. The van der Waals surface area contributed by atoms with E-state index in [1.807, 2.05) is 6.07 Å². The predicted molar refractivity (Wildman–Crippen MR) is 95.0 cm³/mol. The number of carbonyl (C=O) groups excluding carboxylic acids is 1. The van der Waals surface area contributed by atoms with Gasteiger partial charge >= 0.3 is 0 Å². The van der Waals surface area contributed by atoms with Crippen molar-refractivity contribution in [3.8, 4) is 17.0 Å². The van der Waals surface area contributed by atoms with Crippen LogP contribution in [0.3, 0.4) is 0 Å². The third-order valence-electron chi connectivity index (χ3n) is 4.52. The highest BCUT2D eigenvalue weighted by molar-refractivity contribution is 6.00. The monoisotopic (exact) mass is 351 g/mol. The lowest BCUT2D eigenvalue weighted by Gasteiger charge is -2.22. The molecule has 4 rings (SSSR count). The van der Waals surface area contributed by atoms with Crippen molar-refractivity contribution in [1.29, 1.82) is 0 Å². The Morgan fingerprint density at radius 3 is 2.77 bits per heavy atom. The molecule has 1 aliphatic carbocycles. The standard InChI is InChI=1S/C20H18FN3O2/c21-18-7-2-1-6-16(18)19-17(11-22-23-19)20(26)24(14-8-9-14)12-13-4-3-5-15(25)10-13/h1-7,10-11,14,25H,8-9,12H2,(H,22,23). The molecule has 1 fully saturated rings. The quantitative estimate of drug-likeness (QED) is 0.736. The molecule has 132 valence electrons. The van der Waals surface area contributed by atoms with Crippen molar-refractivity contribution in [2.24, 2.45) is 0 Å². The summed E-state index contributed by atoms with van der Waals surface area (Å²) in [5, 5.41) is 16.4. The number of aromatic nitrogens is 2. The number of rotatable bonds is 5. The Morgan fingerprint density at radius 1 is 1.23 bits per heavy atom. The number of carbonyl (C=O) groups is 1. The Labute approximate surface area is 150 Å². The molecule has 1 saturated carbocycles. The van der Waals surface area contributed by atoms with Crippen LogP contribution in [0.1, 0.15) is 28.8 Å². The number of amides is 1. The minimum atomic E-state index is -0.406. The Balaban J connectivity index is 1.66. The molecule has 6 heteroatoms. The molecule has 1 amide bonds. The first kappa shape index (κ1) is 16.3. The Hall–Kier alpha value is -3.15. The highest BCUT2D eigenvalue weighted by Gasteiger charge is 2.34. The fraction of sp³-hybridized carbons (Fsp3) is 0.200. The molecule has 2 N–H and O–H groups in total. The summed E-state index contributed by atoms with van der Waals surface area (Å²) in [7, 11) is 0. The van der Waals surface area contributed by atoms with Gasteiger partial charge in [-0.25, -0.2) is 4.39 Å². The van der Waals surface area contributed by atoms with Crippen molar-refractivity contribution < 1.29 is 14.3 Å². The molecule has 1 aromatic heterocycles. The number of phenols is 1. The molecule has 0 aliphatic heterocycles. The maximum atomic E-state index is 14.2. The lowest BCUT2D eigenvalue weighted by molar-refractivity contribution is 0.0730. The van der Waals surface area contributed by atoms with Crippen molar-refractivity contribution in [1.82, 2.24) is 15.1 Å². The number of aromatic hydroxyl groups is 1. The molecule has 0 radical (unpaired) electrons. The first-order chi connectivity index (χ1) is 12.6. The van der Waals surface area contributed by atoms with E-state index < -0.39 is 5.82 Å². The largest absolute Gasteiger partial charge is 0.508 e. The minimum Gasteiger partial charge on any atom is -0.508 e. The van der Waals surface area contributed by atoms with Gasteiger partial charge < -0.3 is 10.0 Å². The molecule has 1 aliphatic rings. The number of benzene rings is 2. The molecular formula is C20H18FN3O2. The van der Waals surface area contributed by atoms with Crippen LogP contribution in [0.4, 0.5) is 4.39 Å². The molecule has 0 atom stereocenters. The van der Waals surface area contributed by atoms with Gasteiger partial charge in [0.05, 0.1) is 17.5 Å². The summed E-state index contributed by atoms with van der Waals surface area (Å²) in [5.74, 6) is -0.430. The topological polar surface area (TPSA) is 69.2 Å². The van der Waals surface area contributed by atoms with Crippen LogP contribution in [0.25, 0.3) is 11.3 Å². The molecule has 5 nitrogen and oxygen atoms in total. The van der Waals surface area contributed by atoms with E-state index in [1.54, 1.807) is 41.3 Å². The number of H-pyrrole nitrogens is 1. The summed E-state index contributed by atoms with van der Waals surface area (Å²) in [5.41, 5.74) is 1.90. The maximum Gasteiger partial charge on any atom is 0.258 e. The second-order valence-electron chi connectivity index (χ2n) is 6.47. The van der Waals surface area contributed by atoms with Crippen molar-refractivity contribution in [2.75, 3.05) is 0 Å². The lowest BCUT2D eigenvalue weighted by atomic mass is 10.1. The molecule has 3 aromatic rings. The molecular weight excluding hydrogens is 333 g/mol. The van der Waals surface area contributed by atoms with Gasteiger partial charge in [0.15, 0.2) is 0 Å². The minimum absolute atomic E-state index is 0.160. The van der Waals surface area contributed by atoms with Gasteiger partial charge in [-0.05, 0) is 42.7 Å². The third-order valence-corrected chi connectivity index (χ3v) is 4.52. The van der Waals surface area contributed by atoms with Crippen molar-refractivity contribution in [2.45, 2.75) is 25.4 Å². The Bertz CT molecular complexity index is 949. The van der Waals surface area contributed by atoms with Gasteiger partial charge in [-0.15, -0.1) is 0 Å². The summed E-state index contributed by atoms with van der Waals surface area (Å²) in [4.78, 5) is 14.9. The summed E-state index contributed by atoms with van der Waals surface area (Å²) >= 11 is 0. The van der Waals surface area contributed by atoms with Gasteiger partial charge in [-0.3, -0.25) is 9.89 Å². The number of nitrogens with one attached hydrogen (secondary N) is 1. The summed E-state index contributed by atoms with van der Waals surface area (Å²) in [6.45, 7) is 0.389. The first-order valence-corrected chi connectivity index (χ1v) is 8.50. The molecule has 26 heavy (non-hydrogen) atoms. The van der Waals surface area contributed by atoms with E-state index in [1.165, 1.54) is 12.3 Å². The Kier molecular flexibility index (Phi) is 4.16. The smallest absolute Gasteiger partial charge is 0.258 e. The zero-order chi connectivity index (χ0) is 18.1. The van der Waals surface area contributed by atoms with E-state index in [-0.39, 0.29) is 17.7 Å². The highest BCUT2D eigenvalue weighted by Crippen LogP contribution is 2.32. The molecule has 0 saturated heterocycles. The number of hydrogen-bond acceptors (Lipinski definition) is 3. The van der Waals surface area contributed by atoms with Gasteiger partial charge in [0.2, 0.25) is 0 Å². The van der Waals surface area contributed by atoms with Crippen LogP contribution in [-0.4, -0.2) is 32.2 Å². The van der Waals surface area contributed by atoms with E-state index in [2.05, 4.69) is 10.2 Å². The fourth-order valence-corrected chi connectivity index (χ4v) is 3.08. The van der Waals surface area contributed by atoms with Gasteiger partial charge in [0.1, 0.15) is 11.6 Å². The van der Waals surface area contributed by atoms with Gasteiger partial charge in [-0.1, -0.05) is 24.3 Å². The fourth-order valence-electron chi connectivity index (χ4n) is 3.08. The molecule has 0 bridgehead atoms. The molecule has 1 heterocycles. The van der Waals surface area contributed by atoms with Crippen LogP contribution in [-0.2, 0) is 6.54 Å². The average molecular weight is 351 g/mol. The van der Waals surface area contributed by atoms with Crippen LogP contribution in [0.5, 0.6) is 5.75 Å². The second kappa shape index (κ2) is 6.63. The number of hydrogen-bond donors (Lipinski definition) is 2. The van der Waals surface area contributed by atoms with E-state index in [0.29, 0.717) is 23.4 Å². The number of aromatic amines is 1. The van der Waals surface area contributed by atoms with Crippen molar-refractivity contribution >= 4 is 5.91 Å². The zero-order valence-electron chi connectivity index (χ0n) is 14.0. The zero-order valence-corrected chi connectivity index (χ0v) is 14.0. The second-order valence-corrected chi connectivity index (χ2v) is 6.47. The number of phenolic OH excluding ortho intramolecular Hbond substituents is 1. The van der Waals surface area contributed by atoms with Gasteiger partial charge in [0, 0.05) is 18.2 Å². The van der Waals surface area contributed by atoms with Crippen molar-refractivity contribution in [3.05, 3.63) is 71.7 Å². The van der Waals surface area contributed by atoms with E-state index in [0.717, 1.165) is 18.4 Å². The van der Waals surface area contributed by atoms with E-state index in [9.17, 15) is 14.3 Å². The highest BCUT2D eigenvalue weighted by atomic mass is 19.1.